The number of hydrogen-bond donors (Lipinski definition) is 0. The van der Waals surface area contributed by atoms with Gasteiger partial charge in [-0.25, -0.2) is 4.79 Å². The van der Waals surface area contributed by atoms with Gasteiger partial charge in [0.15, 0.2) is 16.6 Å². The number of methoxy groups -OCH3 is 1. The summed E-state index contributed by atoms with van der Waals surface area (Å²) in [4.78, 5) is 27.3. The van der Waals surface area contributed by atoms with Crippen molar-refractivity contribution < 1.29 is 23.2 Å². The minimum absolute atomic E-state index is 0.0374. The lowest BCUT2D eigenvalue weighted by Crippen LogP contribution is -2.51. The van der Waals surface area contributed by atoms with E-state index in [0.717, 1.165) is 37.0 Å². The van der Waals surface area contributed by atoms with Gasteiger partial charge in [-0.3, -0.25) is 4.79 Å². The van der Waals surface area contributed by atoms with Crippen molar-refractivity contribution in [2.24, 2.45) is 17.3 Å². The minimum atomic E-state index is -2.06. The van der Waals surface area contributed by atoms with Crippen molar-refractivity contribution in [3.63, 3.8) is 0 Å². The number of carbonyl (C=O) groups is 2. The summed E-state index contributed by atoms with van der Waals surface area (Å²) in [6.45, 7) is 25.5. The topological polar surface area (TPSA) is 61.8 Å². The molecule has 44 heavy (non-hydrogen) atoms. The number of rotatable bonds is 14. The lowest BCUT2D eigenvalue weighted by molar-refractivity contribution is -0.121. The quantitative estimate of drug-likeness (QED) is 0.113. The number of hydrogen-bond acceptors (Lipinski definition) is 6. The third-order valence-corrected chi connectivity index (χ3v) is 21.8. The van der Waals surface area contributed by atoms with Crippen molar-refractivity contribution in [2.75, 3.05) is 7.11 Å². The van der Waals surface area contributed by atoms with E-state index in [1.54, 1.807) is 0 Å². The molecule has 4 atom stereocenters. The monoisotopic (exact) mass is 662 g/mol. The van der Waals surface area contributed by atoms with Crippen LogP contribution in [-0.4, -0.2) is 47.7 Å². The van der Waals surface area contributed by atoms with E-state index in [9.17, 15) is 9.59 Å². The predicted molar refractivity (Wildman–Crippen MR) is 190 cm³/mol. The molecule has 0 aromatic carbocycles. The van der Waals surface area contributed by atoms with Crippen molar-refractivity contribution in [3.8, 4) is 0 Å². The summed E-state index contributed by atoms with van der Waals surface area (Å²) >= 11 is 1.49. The Bertz CT molecular complexity index is 1150. The third-order valence-electron chi connectivity index (χ3n) is 11.6. The Morgan fingerprint density at radius 3 is 2.23 bits per heavy atom. The molecule has 3 rings (SSSR count). The number of ketones is 1. The highest BCUT2D eigenvalue weighted by atomic mass is 32.1. The number of carbonyl (C=O) groups excluding carboxylic acids is 2. The summed E-state index contributed by atoms with van der Waals surface area (Å²) in [7, 11) is -2.59. The molecule has 2 aliphatic rings. The number of aryl methyl sites for hydroxylation is 1. The van der Waals surface area contributed by atoms with Crippen LogP contribution in [0.3, 0.4) is 0 Å². The van der Waals surface area contributed by atoms with Gasteiger partial charge in [0, 0.05) is 23.1 Å². The van der Waals surface area contributed by atoms with E-state index in [4.69, 9.17) is 13.6 Å². The number of esters is 1. The van der Waals surface area contributed by atoms with E-state index >= 15 is 0 Å². The van der Waals surface area contributed by atoms with E-state index in [1.165, 1.54) is 37.7 Å². The van der Waals surface area contributed by atoms with Gasteiger partial charge in [-0.1, -0.05) is 67.0 Å². The Morgan fingerprint density at radius 1 is 1.07 bits per heavy atom. The Labute approximate surface area is 275 Å². The van der Waals surface area contributed by atoms with Crippen LogP contribution in [-0.2, 0) is 24.8 Å². The third kappa shape index (κ3) is 8.64. The molecule has 2 aliphatic carbocycles. The second-order valence-corrected chi connectivity index (χ2v) is 27.2. The van der Waals surface area contributed by atoms with Crippen LogP contribution in [0.15, 0.2) is 24.3 Å². The number of Topliss-reactive ketones (excluding diaryl/α,β-unsaturated/α-hetero) is 1. The molecule has 1 heterocycles. The van der Waals surface area contributed by atoms with Crippen LogP contribution in [0.1, 0.15) is 114 Å². The second kappa shape index (κ2) is 14.4. The SMILES string of the molecule is CCC1(C(CC=C[C@H]2[C@H](O[Si](C)(C)C(C)(C)C)CC(=O)[C@@H]2CCCc2ccc(C(=O)OC)s2)O[Si](C)(C)C(C)(C)C)CCC1. The fourth-order valence-electron chi connectivity index (χ4n) is 6.31. The molecule has 0 aliphatic heterocycles. The van der Waals surface area contributed by atoms with Crippen LogP contribution in [0.25, 0.3) is 0 Å². The Hall–Kier alpha value is -1.07. The molecule has 0 amide bonds. The maximum Gasteiger partial charge on any atom is 0.348 e. The first-order chi connectivity index (χ1) is 20.3. The zero-order chi connectivity index (χ0) is 33.1. The van der Waals surface area contributed by atoms with Crippen LogP contribution in [0.4, 0.5) is 0 Å². The minimum Gasteiger partial charge on any atom is -0.465 e. The second-order valence-electron chi connectivity index (χ2n) is 16.5. The van der Waals surface area contributed by atoms with Gasteiger partial charge in [0.2, 0.25) is 0 Å². The zero-order valence-electron chi connectivity index (χ0n) is 29.9. The number of thiophene rings is 1. The normalized spacial score (nSPS) is 23.6. The van der Waals surface area contributed by atoms with Gasteiger partial charge in [0.05, 0.1) is 19.3 Å². The van der Waals surface area contributed by atoms with Gasteiger partial charge in [-0.15, -0.1) is 11.3 Å². The van der Waals surface area contributed by atoms with Gasteiger partial charge in [0.1, 0.15) is 10.7 Å². The van der Waals surface area contributed by atoms with Crippen molar-refractivity contribution in [2.45, 2.75) is 155 Å². The predicted octanol–water partition coefficient (Wildman–Crippen LogP) is 10.4. The van der Waals surface area contributed by atoms with E-state index in [0.29, 0.717) is 17.1 Å². The molecule has 2 saturated carbocycles. The van der Waals surface area contributed by atoms with E-state index in [2.05, 4.69) is 86.8 Å². The molecular formula is C36H62O5SSi2. The van der Waals surface area contributed by atoms with Crippen molar-refractivity contribution in [1.29, 1.82) is 0 Å². The van der Waals surface area contributed by atoms with Gasteiger partial charge in [-0.2, -0.15) is 0 Å². The molecule has 0 radical (unpaired) electrons. The molecule has 0 spiro atoms. The Balaban J connectivity index is 1.82. The van der Waals surface area contributed by atoms with Crippen LogP contribution >= 0.6 is 11.3 Å². The molecule has 1 unspecified atom stereocenters. The van der Waals surface area contributed by atoms with Gasteiger partial charge < -0.3 is 13.6 Å². The molecule has 2 fully saturated rings. The largest absolute Gasteiger partial charge is 0.465 e. The maximum absolute atomic E-state index is 13.6. The smallest absolute Gasteiger partial charge is 0.348 e. The van der Waals surface area contributed by atoms with Crippen molar-refractivity contribution >= 4 is 39.7 Å². The molecule has 5 nitrogen and oxygen atoms in total. The Morgan fingerprint density at radius 2 is 1.70 bits per heavy atom. The highest BCUT2D eigenvalue weighted by molar-refractivity contribution is 7.13. The number of ether oxygens (including phenoxy) is 1. The first-order valence-electron chi connectivity index (χ1n) is 17.0. The highest BCUT2D eigenvalue weighted by Gasteiger charge is 2.49. The van der Waals surface area contributed by atoms with Gasteiger partial charge in [0.25, 0.3) is 0 Å². The van der Waals surface area contributed by atoms with Gasteiger partial charge >= 0.3 is 5.97 Å². The summed E-state index contributed by atoms with van der Waals surface area (Å²) in [6.07, 6.45) is 13.8. The average molecular weight is 663 g/mol. The fraction of sp³-hybridized carbons (Fsp3) is 0.778. The van der Waals surface area contributed by atoms with E-state index < -0.39 is 16.6 Å². The lowest BCUT2D eigenvalue weighted by Gasteiger charge is -2.51. The summed E-state index contributed by atoms with van der Waals surface area (Å²) in [5.41, 5.74) is 0.269. The Kier molecular flexibility index (Phi) is 12.2. The maximum atomic E-state index is 13.6. The molecule has 0 saturated heterocycles. The fourth-order valence-corrected chi connectivity index (χ4v) is 10.0. The molecule has 250 valence electrons. The summed E-state index contributed by atoms with van der Waals surface area (Å²) in [6, 6.07) is 3.86. The molecule has 0 bridgehead atoms. The first-order valence-corrected chi connectivity index (χ1v) is 23.6. The van der Waals surface area contributed by atoms with Crippen LogP contribution in [0.5, 0.6) is 0 Å². The van der Waals surface area contributed by atoms with Crippen molar-refractivity contribution in [1.82, 2.24) is 0 Å². The van der Waals surface area contributed by atoms with E-state index in [-0.39, 0.29) is 45.5 Å². The molecule has 1 aromatic rings. The van der Waals surface area contributed by atoms with Crippen LogP contribution in [0, 0.1) is 17.3 Å². The zero-order valence-corrected chi connectivity index (χ0v) is 32.7. The lowest BCUT2D eigenvalue weighted by atomic mass is 9.63. The summed E-state index contributed by atoms with van der Waals surface area (Å²) in [5.74, 6) is 0.0938. The molecular weight excluding hydrogens is 601 g/mol. The molecule has 0 N–H and O–H groups in total. The highest BCUT2D eigenvalue weighted by Crippen LogP contribution is 2.51. The standard InChI is InChI=1S/C36H62O5SSi2/c1-13-36(23-16-24-36)32(41-44(11,12)35(5,6)7)20-15-19-28-27(18-14-17-26-21-22-31(42-26)33(38)39-8)29(37)25-30(28)40-43(9,10)34(2,3)4/h15,19,21-22,27-28,30,32H,13-14,16-18,20,23-25H2,1-12H3/t27-,28-,30-,32?/m1/s1. The molecule has 8 heteroatoms. The van der Waals surface area contributed by atoms with Crippen molar-refractivity contribution in [3.05, 3.63) is 34.0 Å². The van der Waals surface area contributed by atoms with E-state index in [1.807, 2.05) is 12.1 Å². The first kappa shape index (κ1) is 37.4. The van der Waals surface area contributed by atoms with Gasteiger partial charge in [-0.05, 0) is 98.8 Å². The molecule has 1 aromatic heterocycles. The summed E-state index contributed by atoms with van der Waals surface area (Å²) < 4.78 is 19.0. The average Bonchev–Trinajstić information content (AvgIpc) is 3.46. The summed E-state index contributed by atoms with van der Waals surface area (Å²) in [5, 5.41) is 0.248. The van der Waals surface area contributed by atoms with Crippen LogP contribution in [0.2, 0.25) is 36.3 Å². The van der Waals surface area contributed by atoms with Crippen LogP contribution < -0.4 is 0 Å².